The maximum atomic E-state index is 12.0. The van der Waals surface area contributed by atoms with Gasteiger partial charge in [0.15, 0.2) is 6.61 Å². The third kappa shape index (κ3) is 5.01. The van der Waals surface area contributed by atoms with Gasteiger partial charge in [0.2, 0.25) is 0 Å². The van der Waals surface area contributed by atoms with Crippen molar-refractivity contribution in [1.29, 1.82) is 0 Å². The molecule has 0 aliphatic carbocycles. The Hall–Kier alpha value is -1.62. The van der Waals surface area contributed by atoms with E-state index in [1.54, 1.807) is 30.3 Å². The number of alkyl halides is 3. The molecular formula is C15H11BClF3O. The fourth-order valence-electron chi connectivity index (χ4n) is 1.82. The van der Waals surface area contributed by atoms with Gasteiger partial charge in [0.25, 0.3) is 0 Å². The minimum atomic E-state index is -4.34. The Morgan fingerprint density at radius 3 is 2.33 bits per heavy atom. The van der Waals surface area contributed by atoms with E-state index in [1.807, 2.05) is 0 Å². The lowest BCUT2D eigenvalue weighted by atomic mass is 9.92. The molecule has 0 atom stereocenters. The summed E-state index contributed by atoms with van der Waals surface area (Å²) in [5, 5.41) is 0.599. The summed E-state index contributed by atoms with van der Waals surface area (Å²) in [5.74, 6) is 0.176. The van der Waals surface area contributed by atoms with Crippen LogP contribution in [0.1, 0.15) is 11.1 Å². The third-order valence-corrected chi connectivity index (χ3v) is 3.16. The van der Waals surface area contributed by atoms with Crippen LogP contribution in [0.3, 0.4) is 0 Å². The number of hydrogen-bond acceptors (Lipinski definition) is 1. The van der Waals surface area contributed by atoms with E-state index in [-0.39, 0.29) is 5.75 Å². The minimum Gasteiger partial charge on any atom is -0.484 e. The molecule has 0 unspecified atom stereocenters. The van der Waals surface area contributed by atoms with Crippen LogP contribution in [0.4, 0.5) is 13.2 Å². The smallest absolute Gasteiger partial charge is 0.422 e. The molecule has 2 rings (SSSR count). The molecule has 108 valence electrons. The first kappa shape index (κ1) is 15.8. The maximum Gasteiger partial charge on any atom is 0.422 e. The number of ether oxygens (including phenoxy) is 1. The molecule has 0 saturated heterocycles. The number of halogens is 4. The minimum absolute atomic E-state index is 0.176. The fraction of sp³-hybridized carbons (Fsp3) is 0.200. The molecule has 2 radical (unpaired) electrons. The molecule has 0 amide bonds. The molecule has 2 aromatic rings. The molecule has 0 aliphatic heterocycles. The summed E-state index contributed by atoms with van der Waals surface area (Å²) in [6, 6.07) is 11.6. The molecule has 0 N–H and O–H groups in total. The number of benzene rings is 2. The molecule has 1 nitrogen and oxygen atoms in total. The zero-order valence-corrected chi connectivity index (χ0v) is 11.7. The monoisotopic (exact) mass is 310 g/mol. The number of hydrogen-bond donors (Lipinski definition) is 0. The van der Waals surface area contributed by atoms with Gasteiger partial charge in [0, 0.05) is 5.02 Å². The van der Waals surface area contributed by atoms with E-state index in [4.69, 9.17) is 19.4 Å². The zero-order valence-electron chi connectivity index (χ0n) is 11.0. The van der Waals surface area contributed by atoms with Gasteiger partial charge in [-0.15, -0.1) is 0 Å². The zero-order chi connectivity index (χ0) is 15.5. The summed E-state index contributed by atoms with van der Waals surface area (Å²) >= 11 is 6.07. The second-order valence-electron chi connectivity index (χ2n) is 4.58. The van der Waals surface area contributed by atoms with E-state index >= 15 is 0 Å². The van der Waals surface area contributed by atoms with Crippen molar-refractivity contribution >= 4 is 24.9 Å². The predicted octanol–water partition coefficient (Wildman–Crippen LogP) is 3.67. The highest BCUT2D eigenvalue weighted by Gasteiger charge is 2.28. The van der Waals surface area contributed by atoms with Gasteiger partial charge in [-0.2, -0.15) is 13.2 Å². The summed E-state index contributed by atoms with van der Waals surface area (Å²) in [4.78, 5) is 0. The second-order valence-corrected chi connectivity index (χ2v) is 4.98. The molecule has 0 heterocycles. The van der Waals surface area contributed by atoms with Crippen molar-refractivity contribution in [1.82, 2.24) is 0 Å². The van der Waals surface area contributed by atoms with Crippen LogP contribution in [0.15, 0.2) is 42.5 Å². The van der Waals surface area contributed by atoms with Crippen molar-refractivity contribution < 1.29 is 17.9 Å². The molecule has 0 fully saturated rings. The van der Waals surface area contributed by atoms with Crippen LogP contribution in [0, 0.1) is 0 Å². The van der Waals surface area contributed by atoms with Crippen LogP contribution < -0.4 is 10.2 Å². The normalized spacial score (nSPS) is 11.4. The first-order chi connectivity index (χ1) is 9.83. The van der Waals surface area contributed by atoms with E-state index in [9.17, 15) is 13.2 Å². The van der Waals surface area contributed by atoms with E-state index in [0.29, 0.717) is 16.9 Å². The summed E-state index contributed by atoms with van der Waals surface area (Å²) in [5.41, 5.74) is 2.38. The highest BCUT2D eigenvalue weighted by atomic mass is 35.5. The Morgan fingerprint density at radius 2 is 1.71 bits per heavy atom. The van der Waals surface area contributed by atoms with Gasteiger partial charge in [-0.1, -0.05) is 41.3 Å². The fourth-order valence-corrected chi connectivity index (χ4v) is 2.00. The Morgan fingerprint density at radius 1 is 1.05 bits per heavy atom. The van der Waals surface area contributed by atoms with E-state index in [2.05, 4.69) is 4.74 Å². The van der Waals surface area contributed by atoms with E-state index < -0.39 is 12.8 Å². The van der Waals surface area contributed by atoms with Crippen molar-refractivity contribution in [2.45, 2.75) is 12.6 Å². The highest BCUT2D eigenvalue weighted by molar-refractivity contribution is 6.34. The molecule has 21 heavy (non-hydrogen) atoms. The largest absolute Gasteiger partial charge is 0.484 e. The van der Waals surface area contributed by atoms with Crippen molar-refractivity contribution in [2.24, 2.45) is 0 Å². The SMILES string of the molecule is [B]c1ccc(Cl)c(Cc2ccc(OCC(F)(F)F)cc2)c1. The molecule has 0 bridgehead atoms. The second kappa shape index (κ2) is 6.44. The lowest BCUT2D eigenvalue weighted by molar-refractivity contribution is -0.153. The van der Waals surface area contributed by atoms with Gasteiger partial charge in [-0.05, 0) is 35.7 Å². The summed E-state index contributed by atoms with van der Waals surface area (Å²) in [6.07, 6.45) is -3.79. The van der Waals surface area contributed by atoms with Crippen molar-refractivity contribution in [3.8, 4) is 5.75 Å². The number of rotatable bonds is 4. The van der Waals surface area contributed by atoms with Crippen LogP contribution >= 0.6 is 11.6 Å². The van der Waals surface area contributed by atoms with E-state index in [0.717, 1.165) is 11.1 Å². The van der Waals surface area contributed by atoms with Gasteiger partial charge in [-0.25, -0.2) is 0 Å². The Bertz CT molecular complexity index is 611. The van der Waals surface area contributed by atoms with Crippen molar-refractivity contribution in [3.63, 3.8) is 0 Å². The Balaban J connectivity index is 2.04. The van der Waals surface area contributed by atoms with Gasteiger partial charge < -0.3 is 4.74 Å². The lowest BCUT2D eigenvalue weighted by Gasteiger charge is -2.10. The van der Waals surface area contributed by atoms with Gasteiger partial charge in [0.1, 0.15) is 13.6 Å². The molecule has 0 aromatic heterocycles. The molecule has 0 aliphatic rings. The van der Waals surface area contributed by atoms with Crippen LogP contribution in [0.25, 0.3) is 0 Å². The van der Waals surface area contributed by atoms with Crippen LogP contribution in [0.2, 0.25) is 5.02 Å². The summed E-state index contributed by atoms with van der Waals surface area (Å²) < 4.78 is 40.8. The van der Waals surface area contributed by atoms with Gasteiger partial charge >= 0.3 is 6.18 Å². The standard InChI is InChI=1S/C15H11BClF3O/c16-12-3-6-14(17)11(8-12)7-10-1-4-13(5-2-10)21-9-15(18,19)20/h1-6,8H,7,9H2. The summed E-state index contributed by atoms with van der Waals surface area (Å²) in [7, 11) is 5.70. The van der Waals surface area contributed by atoms with Crippen molar-refractivity contribution in [2.75, 3.05) is 6.61 Å². The molecule has 0 spiro atoms. The molecule has 6 heteroatoms. The van der Waals surface area contributed by atoms with Crippen LogP contribution in [0.5, 0.6) is 5.75 Å². The average Bonchev–Trinajstić information content (AvgIpc) is 2.41. The Kier molecular flexibility index (Phi) is 4.83. The third-order valence-electron chi connectivity index (χ3n) is 2.79. The topological polar surface area (TPSA) is 9.23 Å². The van der Waals surface area contributed by atoms with Crippen molar-refractivity contribution in [3.05, 3.63) is 58.6 Å². The molecular weight excluding hydrogens is 299 g/mol. The van der Waals surface area contributed by atoms with Gasteiger partial charge in [0.05, 0.1) is 0 Å². The average molecular weight is 311 g/mol. The predicted molar refractivity (Wildman–Crippen MR) is 77.6 cm³/mol. The highest BCUT2D eigenvalue weighted by Crippen LogP contribution is 2.21. The van der Waals surface area contributed by atoms with Gasteiger partial charge in [-0.3, -0.25) is 0 Å². The summed E-state index contributed by atoms with van der Waals surface area (Å²) in [6.45, 7) is -1.30. The molecule has 0 saturated carbocycles. The Labute approximate surface area is 127 Å². The van der Waals surface area contributed by atoms with Crippen LogP contribution in [-0.4, -0.2) is 20.6 Å². The first-order valence-electron chi connectivity index (χ1n) is 6.16. The lowest BCUT2D eigenvalue weighted by Crippen LogP contribution is -2.19. The molecule has 2 aromatic carbocycles. The first-order valence-corrected chi connectivity index (χ1v) is 6.54. The van der Waals surface area contributed by atoms with Crippen LogP contribution in [-0.2, 0) is 6.42 Å². The maximum absolute atomic E-state index is 12.0. The quantitative estimate of drug-likeness (QED) is 0.783. The van der Waals surface area contributed by atoms with E-state index in [1.165, 1.54) is 12.1 Å².